The standard InChI is InChI=1S/C17H20N2O2S/c1-3-4-9-22-17-15(11-18)14(10-16(20)19-17)12-5-7-13(21-2)8-6-12/h5-8,14H,3-4,9-10H2,1-2H3,(H,19,20). The highest BCUT2D eigenvalue weighted by Crippen LogP contribution is 2.36. The van der Waals surface area contributed by atoms with Crippen LogP contribution in [0.1, 0.15) is 37.7 Å². The molecule has 0 saturated heterocycles. The van der Waals surface area contributed by atoms with Gasteiger partial charge in [-0.1, -0.05) is 25.5 Å². The molecule has 1 aromatic rings. The van der Waals surface area contributed by atoms with Crippen molar-refractivity contribution in [2.75, 3.05) is 12.9 Å². The molecule has 1 aliphatic rings. The molecule has 0 bridgehead atoms. The van der Waals surface area contributed by atoms with Crippen LogP contribution in [-0.2, 0) is 4.79 Å². The second-order valence-corrected chi connectivity index (χ2v) is 6.24. The van der Waals surface area contributed by atoms with Gasteiger partial charge >= 0.3 is 0 Å². The summed E-state index contributed by atoms with van der Waals surface area (Å²) < 4.78 is 5.16. The van der Waals surface area contributed by atoms with Crippen molar-refractivity contribution in [2.45, 2.75) is 32.1 Å². The van der Waals surface area contributed by atoms with E-state index in [1.165, 1.54) is 0 Å². The maximum Gasteiger partial charge on any atom is 0.225 e. The lowest BCUT2D eigenvalue weighted by atomic mass is 9.87. The Morgan fingerprint density at radius 3 is 2.73 bits per heavy atom. The molecule has 1 heterocycles. The Balaban J connectivity index is 2.29. The number of nitriles is 1. The molecule has 22 heavy (non-hydrogen) atoms. The Morgan fingerprint density at radius 2 is 2.14 bits per heavy atom. The van der Waals surface area contributed by atoms with Crippen molar-refractivity contribution >= 4 is 17.7 Å². The quantitative estimate of drug-likeness (QED) is 0.815. The average Bonchev–Trinajstić information content (AvgIpc) is 2.54. The van der Waals surface area contributed by atoms with Gasteiger partial charge in [0.2, 0.25) is 5.91 Å². The fraction of sp³-hybridized carbons (Fsp3) is 0.412. The van der Waals surface area contributed by atoms with Crippen LogP contribution in [0.4, 0.5) is 0 Å². The molecule has 0 aliphatic carbocycles. The van der Waals surface area contributed by atoms with Crippen molar-refractivity contribution < 1.29 is 9.53 Å². The number of unbranched alkanes of at least 4 members (excludes halogenated alkanes) is 1. The van der Waals surface area contributed by atoms with Gasteiger partial charge in [-0.25, -0.2) is 0 Å². The Morgan fingerprint density at radius 1 is 1.41 bits per heavy atom. The molecule has 2 rings (SSSR count). The van der Waals surface area contributed by atoms with Crippen LogP contribution in [0.15, 0.2) is 34.9 Å². The van der Waals surface area contributed by atoms with Crippen molar-refractivity contribution in [1.82, 2.24) is 5.32 Å². The minimum atomic E-state index is -0.172. The number of nitrogens with one attached hydrogen (secondary N) is 1. The van der Waals surface area contributed by atoms with Gasteiger partial charge in [0.15, 0.2) is 0 Å². The second-order valence-electron chi connectivity index (χ2n) is 5.13. The van der Waals surface area contributed by atoms with E-state index < -0.39 is 0 Å². The van der Waals surface area contributed by atoms with Crippen LogP contribution in [0.2, 0.25) is 0 Å². The molecule has 1 N–H and O–H groups in total. The highest BCUT2D eigenvalue weighted by atomic mass is 32.2. The number of carbonyl (C=O) groups is 1. The number of ether oxygens (including phenoxy) is 1. The van der Waals surface area contributed by atoms with Crippen LogP contribution in [0.25, 0.3) is 0 Å². The molecule has 0 fully saturated rings. The summed E-state index contributed by atoms with van der Waals surface area (Å²) >= 11 is 1.56. The highest BCUT2D eigenvalue weighted by Gasteiger charge is 2.29. The number of amides is 1. The molecular formula is C17H20N2O2S. The maximum absolute atomic E-state index is 12.0. The molecular weight excluding hydrogens is 296 g/mol. The number of benzene rings is 1. The smallest absolute Gasteiger partial charge is 0.225 e. The zero-order valence-electron chi connectivity index (χ0n) is 12.9. The highest BCUT2D eigenvalue weighted by molar-refractivity contribution is 8.03. The molecule has 0 saturated carbocycles. The van der Waals surface area contributed by atoms with Crippen LogP contribution >= 0.6 is 11.8 Å². The fourth-order valence-electron chi connectivity index (χ4n) is 2.37. The molecule has 1 amide bonds. The zero-order chi connectivity index (χ0) is 15.9. The van der Waals surface area contributed by atoms with E-state index in [1.807, 2.05) is 24.3 Å². The van der Waals surface area contributed by atoms with E-state index >= 15 is 0 Å². The van der Waals surface area contributed by atoms with Gasteiger partial charge in [-0.2, -0.15) is 5.26 Å². The number of hydrogen-bond donors (Lipinski definition) is 1. The van der Waals surface area contributed by atoms with Crippen LogP contribution in [0.5, 0.6) is 5.75 Å². The van der Waals surface area contributed by atoms with Crippen molar-refractivity contribution in [3.8, 4) is 11.8 Å². The maximum atomic E-state index is 12.0. The van der Waals surface area contributed by atoms with Gasteiger partial charge in [0.1, 0.15) is 5.75 Å². The van der Waals surface area contributed by atoms with Gasteiger partial charge in [-0.05, 0) is 29.9 Å². The van der Waals surface area contributed by atoms with Gasteiger partial charge in [0.05, 0.1) is 23.8 Å². The topological polar surface area (TPSA) is 62.1 Å². The number of methoxy groups -OCH3 is 1. The number of rotatable bonds is 6. The predicted octanol–water partition coefficient (Wildman–Crippen LogP) is 3.57. The fourth-order valence-corrected chi connectivity index (χ4v) is 3.54. The van der Waals surface area contributed by atoms with E-state index in [-0.39, 0.29) is 11.8 Å². The lowest BCUT2D eigenvalue weighted by Gasteiger charge is -2.25. The van der Waals surface area contributed by atoms with Crippen molar-refractivity contribution in [1.29, 1.82) is 5.26 Å². The number of hydrogen-bond acceptors (Lipinski definition) is 4. The summed E-state index contributed by atoms with van der Waals surface area (Å²) in [5.41, 5.74) is 1.63. The van der Waals surface area contributed by atoms with E-state index in [0.29, 0.717) is 17.0 Å². The SMILES string of the molecule is CCCCSC1=C(C#N)C(c2ccc(OC)cc2)CC(=O)N1. The Kier molecular flexibility index (Phi) is 5.91. The minimum Gasteiger partial charge on any atom is -0.497 e. The van der Waals surface area contributed by atoms with E-state index in [4.69, 9.17) is 4.74 Å². The molecule has 0 radical (unpaired) electrons. The summed E-state index contributed by atoms with van der Waals surface area (Å²) in [6.45, 7) is 2.12. The van der Waals surface area contributed by atoms with Gasteiger partial charge in [-0.3, -0.25) is 4.79 Å². The number of thioether (sulfide) groups is 1. The van der Waals surface area contributed by atoms with Crippen LogP contribution < -0.4 is 10.1 Å². The summed E-state index contributed by atoms with van der Waals surface area (Å²) in [6.07, 6.45) is 2.47. The summed E-state index contributed by atoms with van der Waals surface area (Å²) in [5.74, 6) is 1.48. The second kappa shape index (κ2) is 7.90. The third-order valence-electron chi connectivity index (χ3n) is 3.62. The Bertz CT molecular complexity index is 602. The molecule has 1 unspecified atom stereocenters. The molecule has 5 heteroatoms. The molecule has 1 aromatic carbocycles. The first-order valence-corrected chi connectivity index (χ1v) is 8.39. The predicted molar refractivity (Wildman–Crippen MR) is 88.5 cm³/mol. The third kappa shape index (κ3) is 3.83. The first-order chi connectivity index (χ1) is 10.7. The largest absolute Gasteiger partial charge is 0.497 e. The molecule has 1 aliphatic heterocycles. The van der Waals surface area contributed by atoms with Gasteiger partial charge in [0, 0.05) is 12.3 Å². The normalized spacial score (nSPS) is 17.9. The van der Waals surface area contributed by atoms with Gasteiger partial charge in [0.25, 0.3) is 0 Å². The van der Waals surface area contributed by atoms with Crippen molar-refractivity contribution in [3.05, 3.63) is 40.4 Å². The molecule has 4 nitrogen and oxygen atoms in total. The van der Waals surface area contributed by atoms with Crippen LogP contribution in [0, 0.1) is 11.3 Å². The lowest BCUT2D eigenvalue weighted by Crippen LogP contribution is -2.30. The summed E-state index contributed by atoms with van der Waals surface area (Å²) in [4.78, 5) is 12.0. The van der Waals surface area contributed by atoms with Crippen molar-refractivity contribution in [3.63, 3.8) is 0 Å². The van der Waals surface area contributed by atoms with E-state index in [2.05, 4.69) is 18.3 Å². The molecule has 0 aromatic heterocycles. The molecule has 116 valence electrons. The van der Waals surface area contributed by atoms with Gasteiger partial charge < -0.3 is 10.1 Å². The zero-order valence-corrected chi connectivity index (χ0v) is 13.7. The third-order valence-corrected chi connectivity index (χ3v) is 4.72. The average molecular weight is 316 g/mol. The van der Waals surface area contributed by atoms with Crippen LogP contribution in [-0.4, -0.2) is 18.8 Å². The summed E-state index contributed by atoms with van der Waals surface area (Å²) in [7, 11) is 1.62. The van der Waals surface area contributed by atoms with Crippen molar-refractivity contribution in [2.24, 2.45) is 0 Å². The number of allylic oxidation sites excluding steroid dienone is 1. The first-order valence-electron chi connectivity index (χ1n) is 7.40. The van der Waals surface area contributed by atoms with Gasteiger partial charge in [-0.15, -0.1) is 11.8 Å². The number of nitrogens with zero attached hydrogens (tertiary/aromatic N) is 1. The summed E-state index contributed by atoms with van der Waals surface area (Å²) in [6, 6.07) is 9.86. The van der Waals surface area contributed by atoms with Crippen LogP contribution in [0.3, 0.4) is 0 Å². The Hall–Kier alpha value is -1.93. The summed E-state index contributed by atoms with van der Waals surface area (Å²) in [5, 5.41) is 13.1. The molecule has 1 atom stereocenters. The number of carbonyl (C=O) groups excluding carboxylic acids is 1. The lowest BCUT2D eigenvalue weighted by molar-refractivity contribution is -0.120. The monoisotopic (exact) mass is 316 g/mol. The first kappa shape index (κ1) is 16.4. The minimum absolute atomic E-state index is 0.0289. The van der Waals surface area contributed by atoms with E-state index in [1.54, 1.807) is 18.9 Å². The Labute approximate surface area is 135 Å². The van der Waals surface area contributed by atoms with E-state index in [9.17, 15) is 10.1 Å². The van der Waals surface area contributed by atoms with E-state index in [0.717, 1.165) is 29.9 Å². The molecule has 0 spiro atoms.